The van der Waals surface area contributed by atoms with Crippen molar-refractivity contribution >= 4 is 33.3 Å². The molecule has 0 aliphatic carbocycles. The van der Waals surface area contributed by atoms with E-state index in [4.69, 9.17) is 11.6 Å². The standard InChI is InChI=1S/C14H15BrClN3/c1-10(2)19(8-11-6-4-3-5-7-11)14-12(15)13(16)17-9-18-14/h3-7,9-10H,8H2,1-2H3. The maximum Gasteiger partial charge on any atom is 0.148 e. The molecule has 0 N–H and O–H groups in total. The fourth-order valence-electron chi connectivity index (χ4n) is 1.82. The fourth-order valence-corrected chi connectivity index (χ4v) is 2.38. The SMILES string of the molecule is CC(C)N(Cc1ccccc1)c1ncnc(Cl)c1Br. The molecule has 0 radical (unpaired) electrons. The number of nitrogens with zero attached hydrogens (tertiary/aromatic N) is 3. The average molecular weight is 341 g/mol. The van der Waals surface area contributed by atoms with Crippen LogP contribution in [-0.2, 0) is 6.54 Å². The maximum absolute atomic E-state index is 6.04. The summed E-state index contributed by atoms with van der Waals surface area (Å²) in [5.74, 6) is 0.818. The third-order valence-corrected chi connectivity index (χ3v) is 4.06. The van der Waals surface area contributed by atoms with Crippen molar-refractivity contribution in [1.29, 1.82) is 0 Å². The van der Waals surface area contributed by atoms with Gasteiger partial charge in [0.2, 0.25) is 0 Å². The maximum atomic E-state index is 6.04. The van der Waals surface area contributed by atoms with Gasteiger partial charge in [0.25, 0.3) is 0 Å². The Kier molecular flexibility index (Phi) is 4.77. The Balaban J connectivity index is 2.33. The molecule has 0 amide bonds. The fraction of sp³-hybridized carbons (Fsp3) is 0.286. The molecule has 19 heavy (non-hydrogen) atoms. The molecule has 1 aromatic carbocycles. The Bertz CT molecular complexity index is 546. The zero-order valence-electron chi connectivity index (χ0n) is 10.8. The molecule has 0 unspecified atom stereocenters. The Labute approximate surface area is 126 Å². The lowest BCUT2D eigenvalue weighted by molar-refractivity contribution is 0.669. The van der Waals surface area contributed by atoms with E-state index in [9.17, 15) is 0 Å². The van der Waals surface area contributed by atoms with Crippen LogP contribution in [0.15, 0.2) is 41.1 Å². The van der Waals surface area contributed by atoms with Gasteiger partial charge in [0, 0.05) is 12.6 Å². The van der Waals surface area contributed by atoms with Crippen LogP contribution in [0.4, 0.5) is 5.82 Å². The first-order chi connectivity index (χ1) is 9.09. The molecule has 0 saturated heterocycles. The highest BCUT2D eigenvalue weighted by molar-refractivity contribution is 9.10. The van der Waals surface area contributed by atoms with Crippen LogP contribution < -0.4 is 4.90 Å². The molecule has 0 fully saturated rings. The van der Waals surface area contributed by atoms with E-state index in [1.165, 1.54) is 11.9 Å². The van der Waals surface area contributed by atoms with Gasteiger partial charge in [-0.15, -0.1) is 0 Å². The van der Waals surface area contributed by atoms with Crippen molar-refractivity contribution in [2.75, 3.05) is 4.90 Å². The molecular weight excluding hydrogens is 326 g/mol. The lowest BCUT2D eigenvalue weighted by atomic mass is 10.2. The van der Waals surface area contributed by atoms with E-state index in [0.717, 1.165) is 16.8 Å². The summed E-state index contributed by atoms with van der Waals surface area (Å²) < 4.78 is 0.737. The second-order valence-corrected chi connectivity index (χ2v) is 5.66. The minimum Gasteiger partial charge on any atom is -0.349 e. The van der Waals surface area contributed by atoms with E-state index in [-0.39, 0.29) is 0 Å². The van der Waals surface area contributed by atoms with Gasteiger partial charge >= 0.3 is 0 Å². The van der Waals surface area contributed by atoms with Crippen LogP contribution in [-0.4, -0.2) is 16.0 Å². The minimum atomic E-state index is 0.308. The second kappa shape index (κ2) is 6.35. The van der Waals surface area contributed by atoms with Gasteiger partial charge in [-0.3, -0.25) is 0 Å². The smallest absolute Gasteiger partial charge is 0.148 e. The molecule has 1 heterocycles. The van der Waals surface area contributed by atoms with Crippen LogP contribution in [0.25, 0.3) is 0 Å². The number of hydrogen-bond acceptors (Lipinski definition) is 3. The summed E-state index contributed by atoms with van der Waals surface area (Å²) in [5, 5.41) is 0.434. The topological polar surface area (TPSA) is 29.0 Å². The summed E-state index contributed by atoms with van der Waals surface area (Å²) in [7, 11) is 0. The van der Waals surface area contributed by atoms with E-state index < -0.39 is 0 Å². The number of rotatable bonds is 4. The number of anilines is 1. The molecule has 0 spiro atoms. The zero-order valence-corrected chi connectivity index (χ0v) is 13.2. The van der Waals surface area contributed by atoms with Crippen molar-refractivity contribution in [3.8, 4) is 0 Å². The minimum absolute atomic E-state index is 0.308. The first-order valence-electron chi connectivity index (χ1n) is 6.06. The van der Waals surface area contributed by atoms with Crippen LogP contribution in [0, 0.1) is 0 Å². The number of aromatic nitrogens is 2. The lowest BCUT2D eigenvalue weighted by Crippen LogP contribution is -2.31. The molecule has 0 atom stereocenters. The number of hydrogen-bond donors (Lipinski definition) is 0. The normalized spacial score (nSPS) is 10.8. The van der Waals surface area contributed by atoms with Crippen molar-refractivity contribution in [3.05, 3.63) is 51.8 Å². The Morgan fingerprint density at radius 1 is 1.21 bits per heavy atom. The van der Waals surface area contributed by atoms with Gasteiger partial charge in [0.05, 0.1) is 4.47 Å². The quantitative estimate of drug-likeness (QED) is 0.777. The van der Waals surface area contributed by atoms with E-state index in [1.54, 1.807) is 0 Å². The van der Waals surface area contributed by atoms with Gasteiger partial charge in [-0.2, -0.15) is 0 Å². The zero-order chi connectivity index (χ0) is 13.8. The van der Waals surface area contributed by atoms with Gasteiger partial charge in [-0.25, -0.2) is 9.97 Å². The molecule has 2 rings (SSSR count). The summed E-state index contributed by atoms with van der Waals surface area (Å²) in [6, 6.07) is 10.6. The van der Waals surface area contributed by atoms with E-state index in [0.29, 0.717) is 11.2 Å². The van der Waals surface area contributed by atoms with Gasteiger partial charge in [0.1, 0.15) is 17.3 Å². The summed E-state index contributed by atoms with van der Waals surface area (Å²) in [6.07, 6.45) is 1.49. The van der Waals surface area contributed by atoms with Crippen LogP contribution in [0.2, 0.25) is 5.15 Å². The van der Waals surface area contributed by atoms with Crippen molar-refractivity contribution in [2.45, 2.75) is 26.4 Å². The molecule has 0 aliphatic heterocycles. The molecular formula is C14H15BrClN3. The molecule has 2 aromatic rings. The molecule has 1 aromatic heterocycles. The molecule has 0 aliphatic rings. The second-order valence-electron chi connectivity index (χ2n) is 4.51. The number of benzene rings is 1. The van der Waals surface area contributed by atoms with E-state index in [1.807, 2.05) is 18.2 Å². The molecule has 0 saturated carbocycles. The highest BCUT2D eigenvalue weighted by Crippen LogP contribution is 2.31. The summed E-state index contributed by atoms with van der Waals surface area (Å²) in [4.78, 5) is 10.5. The van der Waals surface area contributed by atoms with E-state index in [2.05, 4.69) is 56.8 Å². The Morgan fingerprint density at radius 2 is 1.89 bits per heavy atom. The van der Waals surface area contributed by atoms with Crippen LogP contribution >= 0.6 is 27.5 Å². The van der Waals surface area contributed by atoms with Gasteiger partial charge in [-0.1, -0.05) is 41.9 Å². The van der Waals surface area contributed by atoms with Gasteiger partial charge in [-0.05, 0) is 35.3 Å². The van der Waals surface area contributed by atoms with Crippen molar-refractivity contribution in [1.82, 2.24) is 9.97 Å². The van der Waals surface area contributed by atoms with Crippen LogP contribution in [0.3, 0.4) is 0 Å². The highest BCUT2D eigenvalue weighted by Gasteiger charge is 2.17. The van der Waals surface area contributed by atoms with Crippen molar-refractivity contribution in [3.63, 3.8) is 0 Å². The average Bonchev–Trinajstić information content (AvgIpc) is 2.40. The predicted molar refractivity (Wildman–Crippen MR) is 82.5 cm³/mol. The predicted octanol–water partition coefficient (Wildman–Crippen LogP) is 4.31. The Morgan fingerprint density at radius 3 is 2.53 bits per heavy atom. The first-order valence-corrected chi connectivity index (χ1v) is 7.23. The van der Waals surface area contributed by atoms with E-state index >= 15 is 0 Å². The van der Waals surface area contributed by atoms with Crippen LogP contribution in [0.1, 0.15) is 19.4 Å². The molecule has 0 bridgehead atoms. The van der Waals surface area contributed by atoms with Gasteiger partial charge < -0.3 is 4.90 Å². The monoisotopic (exact) mass is 339 g/mol. The number of halogens is 2. The molecule has 3 nitrogen and oxygen atoms in total. The first kappa shape index (κ1) is 14.3. The molecule has 100 valence electrons. The third-order valence-electron chi connectivity index (χ3n) is 2.82. The Hall–Kier alpha value is -1.13. The summed E-state index contributed by atoms with van der Waals surface area (Å²) in [5.41, 5.74) is 1.23. The van der Waals surface area contributed by atoms with Gasteiger partial charge in [0.15, 0.2) is 0 Å². The molecule has 5 heteroatoms. The van der Waals surface area contributed by atoms with Crippen molar-refractivity contribution < 1.29 is 0 Å². The summed E-state index contributed by atoms with van der Waals surface area (Å²) in [6.45, 7) is 5.04. The van der Waals surface area contributed by atoms with Crippen molar-refractivity contribution in [2.24, 2.45) is 0 Å². The highest BCUT2D eigenvalue weighted by atomic mass is 79.9. The third kappa shape index (κ3) is 3.45. The lowest BCUT2D eigenvalue weighted by Gasteiger charge is -2.28. The largest absolute Gasteiger partial charge is 0.349 e. The van der Waals surface area contributed by atoms with Crippen LogP contribution in [0.5, 0.6) is 0 Å². The summed E-state index contributed by atoms with van der Waals surface area (Å²) >= 11 is 9.50.